The van der Waals surface area contributed by atoms with Crippen LogP contribution in [0.4, 0.5) is 0 Å². The predicted molar refractivity (Wildman–Crippen MR) is 59.6 cm³/mol. The zero-order valence-electron chi connectivity index (χ0n) is 8.84. The van der Waals surface area contributed by atoms with Gasteiger partial charge in [-0.05, 0) is 55.0 Å². The van der Waals surface area contributed by atoms with E-state index in [1.807, 2.05) is 0 Å². The van der Waals surface area contributed by atoms with E-state index in [-0.39, 0.29) is 0 Å². The molecular weight excluding hydrogens is 172 g/mol. The van der Waals surface area contributed by atoms with Crippen LogP contribution in [0.5, 0.6) is 5.75 Å². The first-order valence-corrected chi connectivity index (χ1v) is 5.17. The van der Waals surface area contributed by atoms with Gasteiger partial charge in [0.1, 0.15) is 5.75 Å². The zero-order chi connectivity index (χ0) is 9.97. The highest BCUT2D eigenvalue weighted by Gasteiger charge is 2.13. The summed E-state index contributed by atoms with van der Waals surface area (Å²) in [4.78, 5) is 0. The summed E-state index contributed by atoms with van der Waals surface area (Å²) >= 11 is 0. The molecule has 1 heteroatoms. The Bertz CT molecular complexity index is 363. The van der Waals surface area contributed by atoms with Crippen LogP contribution in [0.3, 0.4) is 0 Å². The Morgan fingerprint density at radius 1 is 1.29 bits per heavy atom. The fourth-order valence-electron chi connectivity index (χ4n) is 2.10. The van der Waals surface area contributed by atoms with Crippen molar-refractivity contribution in [2.75, 3.05) is 7.11 Å². The molecule has 0 spiro atoms. The van der Waals surface area contributed by atoms with Gasteiger partial charge in [-0.15, -0.1) is 0 Å². The van der Waals surface area contributed by atoms with Gasteiger partial charge in [-0.2, -0.15) is 0 Å². The number of allylic oxidation sites excluding steroid dienone is 2. The van der Waals surface area contributed by atoms with Crippen LogP contribution in [0.1, 0.15) is 30.9 Å². The number of rotatable bonds is 1. The van der Waals surface area contributed by atoms with E-state index in [0.717, 1.165) is 5.75 Å². The quantitative estimate of drug-likeness (QED) is 0.656. The molecule has 0 bridgehead atoms. The molecule has 1 aliphatic rings. The minimum atomic E-state index is 0.963. The van der Waals surface area contributed by atoms with Crippen LogP contribution >= 0.6 is 0 Å². The fraction of sp³-hybridized carbons (Fsp3) is 0.385. The topological polar surface area (TPSA) is 9.23 Å². The molecule has 0 unspecified atom stereocenters. The molecule has 0 saturated carbocycles. The lowest BCUT2D eigenvalue weighted by atomic mass is 9.87. The molecule has 1 aliphatic carbocycles. The summed E-state index contributed by atoms with van der Waals surface area (Å²) in [7, 11) is 1.72. The van der Waals surface area contributed by atoms with Gasteiger partial charge < -0.3 is 4.74 Å². The molecule has 0 N–H and O–H groups in total. The van der Waals surface area contributed by atoms with E-state index in [1.165, 1.54) is 36.0 Å². The normalized spacial score (nSPS) is 18.0. The third-order valence-electron chi connectivity index (χ3n) is 2.90. The number of hydrogen-bond acceptors (Lipinski definition) is 1. The van der Waals surface area contributed by atoms with Gasteiger partial charge in [0.05, 0.1) is 7.11 Å². The molecule has 0 fully saturated rings. The Balaban J connectivity index is 2.49. The van der Waals surface area contributed by atoms with Gasteiger partial charge in [-0.1, -0.05) is 12.1 Å². The van der Waals surface area contributed by atoms with Crippen LogP contribution in [0.25, 0.3) is 5.57 Å². The smallest absolute Gasteiger partial charge is 0.119 e. The summed E-state index contributed by atoms with van der Waals surface area (Å²) in [6, 6.07) is 6.40. The average Bonchev–Trinajstić information content (AvgIpc) is 2.27. The van der Waals surface area contributed by atoms with Crippen molar-refractivity contribution in [3.63, 3.8) is 0 Å². The summed E-state index contributed by atoms with van der Waals surface area (Å²) in [6.07, 6.45) is 5.91. The first-order valence-electron chi connectivity index (χ1n) is 5.17. The Labute approximate surface area is 85.4 Å². The van der Waals surface area contributed by atoms with Crippen molar-refractivity contribution in [3.05, 3.63) is 35.4 Å². The number of methoxy groups -OCH3 is 1. The van der Waals surface area contributed by atoms with Crippen molar-refractivity contribution in [1.82, 2.24) is 0 Å². The lowest BCUT2D eigenvalue weighted by molar-refractivity contribution is 0.414. The van der Waals surface area contributed by atoms with Crippen LogP contribution in [-0.4, -0.2) is 7.11 Å². The van der Waals surface area contributed by atoms with Gasteiger partial charge >= 0.3 is 0 Å². The first kappa shape index (κ1) is 9.32. The Morgan fingerprint density at radius 3 is 2.86 bits per heavy atom. The molecule has 1 aromatic carbocycles. The van der Waals surface area contributed by atoms with Crippen molar-refractivity contribution in [3.8, 4) is 5.75 Å². The van der Waals surface area contributed by atoms with Crippen LogP contribution < -0.4 is 4.74 Å². The van der Waals surface area contributed by atoms with Gasteiger partial charge in [-0.25, -0.2) is 0 Å². The second-order valence-electron chi connectivity index (χ2n) is 3.69. The molecule has 0 aliphatic heterocycles. The second-order valence-corrected chi connectivity index (χ2v) is 3.69. The highest BCUT2D eigenvalue weighted by molar-refractivity contribution is 5.70. The van der Waals surface area contributed by atoms with Crippen molar-refractivity contribution in [1.29, 1.82) is 0 Å². The molecular formula is C13H16O. The standard InChI is InChI=1S/C13H16O/c1-3-10-5-4-6-11-7-8-12(14-2)9-13(10)11/h3,7-9H,4-6H2,1-2H3/b10-3+. The van der Waals surface area contributed by atoms with Gasteiger partial charge in [-0.3, -0.25) is 0 Å². The summed E-state index contributed by atoms with van der Waals surface area (Å²) in [5, 5.41) is 0. The molecule has 0 radical (unpaired) electrons. The number of aryl methyl sites for hydroxylation is 1. The van der Waals surface area contributed by atoms with Crippen LogP contribution in [0.15, 0.2) is 24.3 Å². The fourth-order valence-corrected chi connectivity index (χ4v) is 2.10. The maximum Gasteiger partial charge on any atom is 0.119 e. The Morgan fingerprint density at radius 2 is 2.14 bits per heavy atom. The largest absolute Gasteiger partial charge is 0.497 e. The number of ether oxygens (including phenoxy) is 1. The van der Waals surface area contributed by atoms with Crippen molar-refractivity contribution in [2.24, 2.45) is 0 Å². The third kappa shape index (κ3) is 1.54. The molecule has 1 nitrogen and oxygen atoms in total. The zero-order valence-corrected chi connectivity index (χ0v) is 8.84. The monoisotopic (exact) mass is 188 g/mol. The highest BCUT2D eigenvalue weighted by atomic mass is 16.5. The first-order chi connectivity index (χ1) is 6.85. The molecule has 1 aromatic rings. The van der Waals surface area contributed by atoms with E-state index < -0.39 is 0 Å². The molecule has 0 saturated heterocycles. The molecule has 0 amide bonds. The Kier molecular flexibility index (Phi) is 2.58. The lowest BCUT2D eigenvalue weighted by Crippen LogP contribution is -2.01. The highest BCUT2D eigenvalue weighted by Crippen LogP contribution is 2.32. The summed E-state index contributed by atoms with van der Waals surface area (Å²) in [5.41, 5.74) is 4.31. The predicted octanol–water partition coefficient (Wildman–Crippen LogP) is 3.43. The third-order valence-corrected chi connectivity index (χ3v) is 2.90. The molecule has 14 heavy (non-hydrogen) atoms. The van der Waals surface area contributed by atoms with E-state index in [4.69, 9.17) is 4.74 Å². The number of hydrogen-bond donors (Lipinski definition) is 0. The van der Waals surface area contributed by atoms with Crippen LogP contribution in [-0.2, 0) is 6.42 Å². The maximum absolute atomic E-state index is 5.25. The maximum atomic E-state index is 5.25. The molecule has 0 aromatic heterocycles. The van der Waals surface area contributed by atoms with Gasteiger partial charge in [0, 0.05) is 0 Å². The van der Waals surface area contributed by atoms with E-state index in [0.29, 0.717) is 0 Å². The second kappa shape index (κ2) is 3.87. The molecule has 0 heterocycles. The number of benzene rings is 1. The van der Waals surface area contributed by atoms with E-state index in [9.17, 15) is 0 Å². The van der Waals surface area contributed by atoms with Crippen LogP contribution in [0, 0.1) is 0 Å². The van der Waals surface area contributed by atoms with Gasteiger partial charge in [0.15, 0.2) is 0 Å². The van der Waals surface area contributed by atoms with Gasteiger partial charge in [0.2, 0.25) is 0 Å². The van der Waals surface area contributed by atoms with Crippen molar-refractivity contribution < 1.29 is 4.74 Å². The van der Waals surface area contributed by atoms with E-state index in [2.05, 4.69) is 31.2 Å². The van der Waals surface area contributed by atoms with Crippen LogP contribution in [0.2, 0.25) is 0 Å². The molecule has 2 rings (SSSR count). The van der Waals surface area contributed by atoms with E-state index >= 15 is 0 Å². The van der Waals surface area contributed by atoms with Gasteiger partial charge in [0.25, 0.3) is 0 Å². The molecule has 0 atom stereocenters. The molecule has 74 valence electrons. The van der Waals surface area contributed by atoms with Crippen molar-refractivity contribution >= 4 is 5.57 Å². The average molecular weight is 188 g/mol. The summed E-state index contributed by atoms with van der Waals surface area (Å²) in [6.45, 7) is 2.11. The number of fused-ring (bicyclic) bond motifs is 1. The summed E-state index contributed by atoms with van der Waals surface area (Å²) in [5.74, 6) is 0.963. The summed E-state index contributed by atoms with van der Waals surface area (Å²) < 4.78 is 5.25. The van der Waals surface area contributed by atoms with Crippen molar-refractivity contribution in [2.45, 2.75) is 26.2 Å². The lowest BCUT2D eigenvalue weighted by Gasteiger charge is -2.19. The Hall–Kier alpha value is -1.24. The SMILES string of the molecule is C/C=C1\CCCc2ccc(OC)cc21. The van der Waals surface area contributed by atoms with E-state index in [1.54, 1.807) is 7.11 Å². The minimum absolute atomic E-state index is 0.963. The minimum Gasteiger partial charge on any atom is -0.497 e.